The molecule has 3 saturated carbocycles. The summed E-state index contributed by atoms with van der Waals surface area (Å²) >= 11 is 0. The molecule has 24 heavy (non-hydrogen) atoms. The van der Waals surface area contributed by atoms with Crippen LogP contribution in [0.15, 0.2) is 0 Å². The minimum absolute atomic E-state index is 0.0103. The highest BCUT2D eigenvalue weighted by atomic mass is 16.2. The van der Waals surface area contributed by atoms with Crippen LogP contribution in [0.2, 0.25) is 0 Å². The summed E-state index contributed by atoms with van der Waals surface area (Å²) in [6.45, 7) is 4.34. The third-order valence-electron chi connectivity index (χ3n) is 6.68. The fourth-order valence-corrected chi connectivity index (χ4v) is 5.03. The van der Waals surface area contributed by atoms with Crippen molar-refractivity contribution in [3.8, 4) is 0 Å². The van der Waals surface area contributed by atoms with Crippen molar-refractivity contribution in [2.75, 3.05) is 0 Å². The molecule has 0 bridgehead atoms. The van der Waals surface area contributed by atoms with Crippen LogP contribution < -0.4 is 10.6 Å². The van der Waals surface area contributed by atoms with Gasteiger partial charge in [0, 0.05) is 22.9 Å². The summed E-state index contributed by atoms with van der Waals surface area (Å²) in [7, 11) is 0. The SMILES string of the molecule is CC1(NC(=O)C2CCCC(C(=O)NC3(C)CCCC3)C2)CCCC1. The molecule has 2 amide bonds. The van der Waals surface area contributed by atoms with E-state index in [2.05, 4.69) is 24.5 Å². The van der Waals surface area contributed by atoms with Crippen molar-refractivity contribution in [1.29, 1.82) is 0 Å². The van der Waals surface area contributed by atoms with E-state index >= 15 is 0 Å². The fourth-order valence-electron chi connectivity index (χ4n) is 5.03. The van der Waals surface area contributed by atoms with Gasteiger partial charge in [-0.2, -0.15) is 0 Å². The monoisotopic (exact) mass is 334 g/mol. The van der Waals surface area contributed by atoms with Crippen LogP contribution in [0.3, 0.4) is 0 Å². The largest absolute Gasteiger partial charge is 0.351 e. The molecule has 4 nitrogen and oxygen atoms in total. The lowest BCUT2D eigenvalue weighted by molar-refractivity contribution is -0.132. The third kappa shape index (κ3) is 4.12. The Morgan fingerprint density at radius 1 is 0.708 bits per heavy atom. The van der Waals surface area contributed by atoms with E-state index in [-0.39, 0.29) is 34.7 Å². The molecule has 3 fully saturated rings. The van der Waals surface area contributed by atoms with Crippen LogP contribution in [0.25, 0.3) is 0 Å². The van der Waals surface area contributed by atoms with Gasteiger partial charge in [0.2, 0.25) is 11.8 Å². The molecule has 0 aliphatic heterocycles. The molecule has 0 aromatic rings. The van der Waals surface area contributed by atoms with Gasteiger partial charge in [-0.3, -0.25) is 9.59 Å². The summed E-state index contributed by atoms with van der Waals surface area (Å²) in [5, 5.41) is 6.59. The minimum Gasteiger partial charge on any atom is -0.351 e. The third-order valence-corrected chi connectivity index (χ3v) is 6.68. The maximum Gasteiger partial charge on any atom is 0.223 e. The van der Waals surface area contributed by atoms with E-state index in [1.54, 1.807) is 0 Å². The minimum atomic E-state index is -0.0103. The normalized spacial score (nSPS) is 31.6. The lowest BCUT2D eigenvalue weighted by Crippen LogP contribution is -2.49. The van der Waals surface area contributed by atoms with Crippen LogP contribution in [0.4, 0.5) is 0 Å². The lowest BCUT2D eigenvalue weighted by atomic mass is 9.79. The molecule has 3 aliphatic carbocycles. The van der Waals surface area contributed by atoms with Gasteiger partial charge < -0.3 is 10.6 Å². The second-order valence-electron chi connectivity index (χ2n) is 9.07. The number of rotatable bonds is 4. The van der Waals surface area contributed by atoms with Gasteiger partial charge in [0.15, 0.2) is 0 Å². The standard InChI is InChI=1S/C20H34N2O2/c1-19(10-3-4-11-19)21-17(23)15-8-7-9-16(14-15)18(24)22-20(2)12-5-6-13-20/h15-16H,3-14H2,1-2H3,(H,21,23)(H,22,24). The number of carbonyl (C=O) groups is 2. The molecule has 2 N–H and O–H groups in total. The van der Waals surface area contributed by atoms with Gasteiger partial charge in [-0.25, -0.2) is 0 Å². The van der Waals surface area contributed by atoms with E-state index in [4.69, 9.17) is 0 Å². The van der Waals surface area contributed by atoms with Gasteiger partial charge in [0.05, 0.1) is 0 Å². The van der Waals surface area contributed by atoms with Crippen molar-refractivity contribution in [2.45, 2.75) is 102 Å². The maximum atomic E-state index is 12.7. The van der Waals surface area contributed by atoms with Crippen LogP contribution in [0, 0.1) is 11.8 Å². The average molecular weight is 335 g/mol. The van der Waals surface area contributed by atoms with Crippen molar-refractivity contribution >= 4 is 11.8 Å². The molecule has 4 heteroatoms. The van der Waals surface area contributed by atoms with Crippen LogP contribution in [-0.4, -0.2) is 22.9 Å². The number of hydrogen-bond donors (Lipinski definition) is 2. The Hall–Kier alpha value is -1.06. The summed E-state index contributed by atoms with van der Waals surface area (Å²) in [6, 6.07) is 0. The Balaban J connectivity index is 1.53. The maximum absolute atomic E-state index is 12.7. The predicted octanol–water partition coefficient (Wildman–Crippen LogP) is 3.69. The molecule has 0 spiro atoms. The van der Waals surface area contributed by atoms with Gasteiger partial charge in [0.1, 0.15) is 0 Å². The fraction of sp³-hybridized carbons (Fsp3) is 0.900. The Morgan fingerprint density at radius 3 is 1.46 bits per heavy atom. The van der Waals surface area contributed by atoms with Crippen molar-refractivity contribution in [3.63, 3.8) is 0 Å². The summed E-state index contributed by atoms with van der Waals surface area (Å²) in [4.78, 5) is 25.4. The quantitative estimate of drug-likeness (QED) is 0.824. The second kappa shape index (κ2) is 7.05. The van der Waals surface area contributed by atoms with E-state index < -0.39 is 0 Å². The zero-order valence-electron chi connectivity index (χ0n) is 15.5. The van der Waals surface area contributed by atoms with E-state index in [0.29, 0.717) is 0 Å². The van der Waals surface area contributed by atoms with Crippen molar-refractivity contribution < 1.29 is 9.59 Å². The van der Waals surface area contributed by atoms with E-state index in [0.717, 1.165) is 51.4 Å². The second-order valence-corrected chi connectivity index (χ2v) is 9.07. The zero-order chi connectivity index (χ0) is 17.2. The van der Waals surface area contributed by atoms with Crippen molar-refractivity contribution in [2.24, 2.45) is 11.8 Å². The number of carbonyl (C=O) groups excluding carboxylic acids is 2. The summed E-state index contributed by atoms with van der Waals surface area (Å²) in [6.07, 6.45) is 12.8. The topological polar surface area (TPSA) is 58.2 Å². The van der Waals surface area contributed by atoms with Crippen LogP contribution in [0.5, 0.6) is 0 Å². The first-order chi connectivity index (χ1) is 11.4. The van der Waals surface area contributed by atoms with Crippen molar-refractivity contribution in [1.82, 2.24) is 10.6 Å². The average Bonchev–Trinajstić information content (AvgIpc) is 3.16. The molecule has 2 atom stereocenters. The molecule has 3 rings (SSSR count). The van der Waals surface area contributed by atoms with Crippen LogP contribution in [-0.2, 0) is 9.59 Å². The smallest absolute Gasteiger partial charge is 0.223 e. The predicted molar refractivity (Wildman–Crippen MR) is 95.5 cm³/mol. The first-order valence-corrected chi connectivity index (χ1v) is 10.0. The summed E-state index contributed by atoms with van der Waals surface area (Å²) in [5.74, 6) is 0.402. The zero-order valence-corrected chi connectivity index (χ0v) is 15.5. The summed E-state index contributed by atoms with van der Waals surface area (Å²) < 4.78 is 0. The van der Waals surface area contributed by atoms with Gasteiger partial charge in [0.25, 0.3) is 0 Å². The Bertz CT molecular complexity index is 434. The first-order valence-electron chi connectivity index (χ1n) is 10.0. The molecule has 2 unspecified atom stereocenters. The van der Waals surface area contributed by atoms with Gasteiger partial charge in [-0.1, -0.05) is 32.1 Å². The molecule has 0 aromatic carbocycles. The van der Waals surface area contributed by atoms with E-state index in [1.165, 1.54) is 25.7 Å². The summed E-state index contributed by atoms with van der Waals surface area (Å²) in [5.41, 5.74) is -0.0206. The Kier molecular flexibility index (Phi) is 5.22. The molecular formula is C20H34N2O2. The molecular weight excluding hydrogens is 300 g/mol. The highest BCUT2D eigenvalue weighted by Gasteiger charge is 2.38. The van der Waals surface area contributed by atoms with Gasteiger partial charge in [-0.05, 0) is 58.8 Å². The number of amides is 2. The molecule has 0 aromatic heterocycles. The molecule has 136 valence electrons. The Morgan fingerprint density at radius 2 is 1.08 bits per heavy atom. The van der Waals surface area contributed by atoms with Gasteiger partial charge in [-0.15, -0.1) is 0 Å². The van der Waals surface area contributed by atoms with Crippen LogP contribution >= 0.6 is 0 Å². The van der Waals surface area contributed by atoms with Crippen molar-refractivity contribution in [3.05, 3.63) is 0 Å². The first kappa shape index (κ1) is 17.8. The number of hydrogen-bond acceptors (Lipinski definition) is 2. The molecule has 3 aliphatic rings. The van der Waals surface area contributed by atoms with E-state index in [1.807, 2.05) is 0 Å². The highest BCUT2D eigenvalue weighted by molar-refractivity contribution is 5.83. The van der Waals surface area contributed by atoms with E-state index in [9.17, 15) is 9.59 Å². The lowest BCUT2D eigenvalue weighted by Gasteiger charge is -2.34. The molecule has 0 heterocycles. The molecule has 0 radical (unpaired) electrons. The highest BCUT2D eigenvalue weighted by Crippen LogP contribution is 2.34. The van der Waals surface area contributed by atoms with Crippen LogP contribution in [0.1, 0.15) is 90.9 Å². The van der Waals surface area contributed by atoms with Gasteiger partial charge >= 0.3 is 0 Å². The number of nitrogens with one attached hydrogen (secondary N) is 2. The Labute approximate surface area is 146 Å². The molecule has 0 saturated heterocycles.